The van der Waals surface area contributed by atoms with Crippen molar-refractivity contribution >= 4 is 22.4 Å². The number of amides is 1. The van der Waals surface area contributed by atoms with Crippen molar-refractivity contribution < 1.29 is 9.90 Å². The Bertz CT molecular complexity index is 1030. The standard InChI is InChI=1S/C16H11N3O2/c1-8-3-2-4-9-12(16(21)19-14(8)9)13-10-7-17-6-5-11(10)18-15(13)20/h2-7,19,21H,1H3. The van der Waals surface area contributed by atoms with E-state index in [1.165, 1.54) is 0 Å². The zero-order chi connectivity index (χ0) is 14.6. The maximum absolute atomic E-state index is 12.3. The van der Waals surface area contributed by atoms with Crippen molar-refractivity contribution in [3.8, 4) is 5.88 Å². The fraction of sp³-hybridized carbons (Fsp3) is 0.0625. The molecule has 1 amide bonds. The highest BCUT2D eigenvalue weighted by Crippen LogP contribution is 2.34. The Morgan fingerprint density at radius 1 is 1.24 bits per heavy atom. The van der Waals surface area contributed by atoms with Gasteiger partial charge in [0.15, 0.2) is 5.88 Å². The van der Waals surface area contributed by atoms with Gasteiger partial charge in [-0.25, -0.2) is 4.99 Å². The number of hydrogen-bond donors (Lipinski definition) is 2. The third-order valence-electron chi connectivity index (χ3n) is 3.78. The number of hydrogen-bond acceptors (Lipinski definition) is 3. The lowest BCUT2D eigenvalue weighted by Gasteiger charge is -2.00. The van der Waals surface area contributed by atoms with E-state index in [9.17, 15) is 9.90 Å². The van der Waals surface area contributed by atoms with Gasteiger partial charge in [-0.3, -0.25) is 9.78 Å². The molecule has 21 heavy (non-hydrogen) atoms. The van der Waals surface area contributed by atoms with E-state index in [1.54, 1.807) is 18.5 Å². The Labute approximate surface area is 119 Å². The van der Waals surface area contributed by atoms with Gasteiger partial charge < -0.3 is 10.1 Å². The number of aromatic amines is 1. The van der Waals surface area contributed by atoms with Gasteiger partial charge in [0.25, 0.3) is 5.91 Å². The van der Waals surface area contributed by atoms with Gasteiger partial charge in [0, 0.05) is 23.0 Å². The molecule has 0 atom stereocenters. The third kappa shape index (κ3) is 1.54. The van der Waals surface area contributed by atoms with E-state index in [0.29, 0.717) is 21.7 Å². The number of nitrogens with zero attached hydrogens (tertiary/aromatic N) is 2. The lowest BCUT2D eigenvalue weighted by Crippen LogP contribution is -2.23. The highest BCUT2D eigenvalue weighted by Gasteiger charge is 2.25. The first-order valence-corrected chi connectivity index (χ1v) is 6.55. The molecular formula is C16H11N3O2. The molecule has 102 valence electrons. The summed E-state index contributed by atoms with van der Waals surface area (Å²) in [5.74, 6) is -0.370. The predicted molar refractivity (Wildman–Crippen MR) is 77.2 cm³/mol. The summed E-state index contributed by atoms with van der Waals surface area (Å²) in [5.41, 5.74) is 2.72. The molecule has 0 bridgehead atoms. The van der Waals surface area contributed by atoms with Gasteiger partial charge in [-0.1, -0.05) is 18.2 Å². The summed E-state index contributed by atoms with van der Waals surface area (Å²) in [7, 11) is 0. The van der Waals surface area contributed by atoms with Crippen LogP contribution in [-0.2, 0) is 4.79 Å². The minimum atomic E-state index is -0.351. The molecule has 1 aliphatic heterocycles. The molecule has 5 nitrogen and oxygen atoms in total. The largest absolute Gasteiger partial charge is 0.494 e. The maximum Gasteiger partial charge on any atom is 0.279 e. The smallest absolute Gasteiger partial charge is 0.279 e. The van der Waals surface area contributed by atoms with E-state index >= 15 is 0 Å². The minimum Gasteiger partial charge on any atom is -0.494 e. The van der Waals surface area contributed by atoms with Crippen LogP contribution in [-0.4, -0.2) is 21.0 Å². The van der Waals surface area contributed by atoms with Crippen molar-refractivity contribution in [2.75, 3.05) is 0 Å². The summed E-state index contributed by atoms with van der Waals surface area (Å²) in [5, 5.41) is 12.3. The van der Waals surface area contributed by atoms with Crippen LogP contribution in [0.25, 0.3) is 16.5 Å². The van der Waals surface area contributed by atoms with E-state index in [-0.39, 0.29) is 11.8 Å². The van der Waals surface area contributed by atoms with E-state index in [4.69, 9.17) is 0 Å². The number of rotatable bonds is 1. The fourth-order valence-corrected chi connectivity index (χ4v) is 2.80. The van der Waals surface area contributed by atoms with Crippen LogP contribution in [0.3, 0.4) is 0 Å². The van der Waals surface area contributed by atoms with Gasteiger partial charge >= 0.3 is 0 Å². The molecule has 1 aliphatic rings. The number of fused-ring (bicyclic) bond motifs is 2. The van der Waals surface area contributed by atoms with Gasteiger partial charge in [-0.15, -0.1) is 0 Å². The molecule has 0 unspecified atom stereocenters. The van der Waals surface area contributed by atoms with E-state index in [2.05, 4.69) is 15.0 Å². The normalized spacial score (nSPS) is 13.6. The second-order valence-corrected chi connectivity index (χ2v) is 5.03. The van der Waals surface area contributed by atoms with Crippen molar-refractivity contribution in [2.24, 2.45) is 4.99 Å². The van der Waals surface area contributed by atoms with Gasteiger partial charge in [0.1, 0.15) is 0 Å². The SMILES string of the molecule is Cc1cccc2c(C3=c4cnccc4=NC3=O)c(O)[nH]c12. The molecule has 0 fully saturated rings. The number of aromatic nitrogens is 2. The van der Waals surface area contributed by atoms with E-state index < -0.39 is 0 Å². The highest BCUT2D eigenvalue weighted by atomic mass is 16.3. The molecule has 3 heterocycles. The number of aromatic hydroxyl groups is 1. The lowest BCUT2D eigenvalue weighted by atomic mass is 10.0. The molecule has 3 aromatic rings. The lowest BCUT2D eigenvalue weighted by molar-refractivity contribution is -0.112. The summed E-state index contributed by atoms with van der Waals surface area (Å²) < 4.78 is 0. The fourth-order valence-electron chi connectivity index (χ4n) is 2.80. The van der Waals surface area contributed by atoms with Crippen LogP contribution < -0.4 is 10.6 Å². The maximum atomic E-state index is 12.3. The third-order valence-corrected chi connectivity index (χ3v) is 3.78. The summed E-state index contributed by atoms with van der Waals surface area (Å²) in [6.45, 7) is 1.95. The van der Waals surface area contributed by atoms with Crippen LogP contribution in [0.5, 0.6) is 5.88 Å². The summed E-state index contributed by atoms with van der Waals surface area (Å²) in [4.78, 5) is 23.3. The van der Waals surface area contributed by atoms with Crippen LogP contribution in [0.1, 0.15) is 11.1 Å². The Kier molecular flexibility index (Phi) is 2.27. The highest BCUT2D eigenvalue weighted by molar-refractivity contribution is 6.24. The van der Waals surface area contributed by atoms with Gasteiger partial charge in [0.2, 0.25) is 0 Å². The Balaban J connectivity index is 2.19. The number of pyridine rings is 1. The molecule has 0 spiro atoms. The Hall–Kier alpha value is -2.95. The van der Waals surface area contributed by atoms with E-state index in [1.807, 2.05) is 25.1 Å². The average molecular weight is 277 g/mol. The number of aryl methyl sites for hydroxylation is 1. The molecule has 2 aromatic heterocycles. The van der Waals surface area contributed by atoms with Crippen molar-refractivity contribution in [1.82, 2.24) is 9.97 Å². The van der Waals surface area contributed by atoms with Crippen LogP contribution in [0.15, 0.2) is 41.7 Å². The zero-order valence-electron chi connectivity index (χ0n) is 11.2. The molecular weight excluding hydrogens is 266 g/mol. The second kappa shape index (κ2) is 4.02. The molecule has 4 rings (SSSR count). The van der Waals surface area contributed by atoms with Crippen LogP contribution in [0.2, 0.25) is 0 Å². The number of H-pyrrole nitrogens is 1. The first kappa shape index (κ1) is 11.8. The van der Waals surface area contributed by atoms with Crippen molar-refractivity contribution in [2.45, 2.75) is 6.92 Å². The van der Waals surface area contributed by atoms with Gasteiger partial charge in [-0.05, 0) is 18.6 Å². The molecule has 5 heteroatoms. The van der Waals surface area contributed by atoms with Crippen molar-refractivity contribution in [3.63, 3.8) is 0 Å². The Morgan fingerprint density at radius 3 is 2.95 bits per heavy atom. The number of nitrogens with one attached hydrogen (secondary N) is 1. The van der Waals surface area contributed by atoms with E-state index in [0.717, 1.165) is 16.5 Å². The summed E-state index contributed by atoms with van der Waals surface area (Å²) >= 11 is 0. The molecule has 0 aliphatic carbocycles. The summed E-state index contributed by atoms with van der Waals surface area (Å²) in [6, 6.07) is 7.42. The zero-order valence-corrected chi connectivity index (χ0v) is 11.2. The first-order valence-electron chi connectivity index (χ1n) is 6.55. The molecule has 0 saturated heterocycles. The summed E-state index contributed by atoms with van der Waals surface area (Å²) in [6.07, 6.45) is 3.20. The number of para-hydroxylation sites is 1. The van der Waals surface area contributed by atoms with Crippen molar-refractivity contribution in [1.29, 1.82) is 0 Å². The number of benzene rings is 1. The number of carbonyl (C=O) groups excluding carboxylic acids is 1. The molecule has 2 N–H and O–H groups in total. The van der Waals surface area contributed by atoms with Gasteiger partial charge in [0.05, 0.1) is 22.0 Å². The molecule has 1 aromatic carbocycles. The van der Waals surface area contributed by atoms with Gasteiger partial charge in [-0.2, -0.15) is 0 Å². The molecule has 0 saturated carbocycles. The predicted octanol–water partition coefficient (Wildman–Crippen LogP) is 0.936. The van der Waals surface area contributed by atoms with Crippen molar-refractivity contribution in [3.05, 3.63) is 58.4 Å². The average Bonchev–Trinajstić information content (AvgIpc) is 2.96. The monoisotopic (exact) mass is 277 g/mol. The van der Waals surface area contributed by atoms with Crippen LogP contribution >= 0.6 is 0 Å². The Morgan fingerprint density at radius 2 is 2.10 bits per heavy atom. The molecule has 0 radical (unpaired) electrons. The van der Waals surface area contributed by atoms with Crippen LogP contribution in [0, 0.1) is 6.92 Å². The first-order chi connectivity index (χ1) is 10.2. The van der Waals surface area contributed by atoms with Crippen LogP contribution in [0.4, 0.5) is 0 Å². The second-order valence-electron chi connectivity index (χ2n) is 5.03. The number of carbonyl (C=O) groups is 1. The topological polar surface area (TPSA) is 78.3 Å². The minimum absolute atomic E-state index is 0.0189. The quantitative estimate of drug-likeness (QED) is 0.694.